The summed E-state index contributed by atoms with van der Waals surface area (Å²) < 4.78 is 42.4. The van der Waals surface area contributed by atoms with E-state index >= 15 is 0 Å². The molecule has 0 radical (unpaired) electrons. The summed E-state index contributed by atoms with van der Waals surface area (Å²) in [5.41, 5.74) is 0.255. The number of carbonyl (C=O) groups is 1. The van der Waals surface area contributed by atoms with Gasteiger partial charge in [-0.3, -0.25) is 0 Å². The first-order valence-corrected chi connectivity index (χ1v) is 5.77. The molecule has 0 spiro atoms. The van der Waals surface area contributed by atoms with Crippen molar-refractivity contribution in [3.8, 4) is 11.5 Å². The van der Waals surface area contributed by atoms with Gasteiger partial charge in [-0.25, -0.2) is 13.6 Å². The van der Waals surface area contributed by atoms with Gasteiger partial charge in [-0.1, -0.05) is 6.07 Å². The van der Waals surface area contributed by atoms with Gasteiger partial charge in [0.1, 0.15) is 19.3 Å². The standard InChI is InChI=1S/C12H11F2NO4.ClH/c13-12(14)6-19-11(16)15-10(12)7-1-2-8-9(5-7)18-4-3-17-8;/h1-2,5,10H,3-4,6H2,(H,15,16);1H/t10-;/m1./s1. The quantitative estimate of drug-likeness (QED) is 0.865. The van der Waals surface area contributed by atoms with Crippen LogP contribution < -0.4 is 14.8 Å². The maximum absolute atomic E-state index is 13.7. The summed E-state index contributed by atoms with van der Waals surface area (Å²) in [6.45, 7) is -0.137. The van der Waals surface area contributed by atoms with Crippen LogP contribution in [0.15, 0.2) is 18.2 Å². The SMILES string of the molecule is Cl.O=C1N[C@H](c2ccc3c(c2)OCCO3)C(F)(F)CO1. The van der Waals surface area contributed by atoms with E-state index in [1.54, 1.807) is 6.07 Å². The molecule has 1 atom stereocenters. The Balaban J connectivity index is 0.00000147. The minimum atomic E-state index is -3.17. The highest BCUT2D eigenvalue weighted by Gasteiger charge is 2.47. The lowest BCUT2D eigenvalue weighted by Gasteiger charge is -2.32. The Morgan fingerprint density at radius 1 is 1.15 bits per heavy atom. The first-order valence-electron chi connectivity index (χ1n) is 5.77. The van der Waals surface area contributed by atoms with Gasteiger partial charge in [0.25, 0.3) is 0 Å². The van der Waals surface area contributed by atoms with Gasteiger partial charge in [-0.05, 0) is 17.7 Å². The van der Waals surface area contributed by atoms with Gasteiger partial charge < -0.3 is 19.5 Å². The van der Waals surface area contributed by atoms with Crippen LogP contribution in [0.25, 0.3) is 0 Å². The summed E-state index contributed by atoms with van der Waals surface area (Å²) in [5.74, 6) is -2.26. The first-order chi connectivity index (χ1) is 9.06. The first kappa shape index (κ1) is 14.6. The number of fused-ring (bicyclic) bond motifs is 1. The van der Waals surface area contributed by atoms with Crippen molar-refractivity contribution in [2.45, 2.75) is 12.0 Å². The number of carbonyl (C=O) groups excluding carboxylic acids is 1. The predicted octanol–water partition coefficient (Wildman–Crippen LogP) is 2.30. The monoisotopic (exact) mass is 307 g/mol. The zero-order chi connectivity index (χ0) is 13.5. The zero-order valence-corrected chi connectivity index (χ0v) is 11.0. The molecular weight excluding hydrogens is 296 g/mol. The molecule has 1 amide bonds. The van der Waals surface area contributed by atoms with Crippen LogP contribution in [0.3, 0.4) is 0 Å². The van der Waals surface area contributed by atoms with E-state index in [4.69, 9.17) is 9.47 Å². The highest BCUT2D eigenvalue weighted by atomic mass is 35.5. The Kier molecular flexibility index (Phi) is 3.89. The molecule has 0 saturated carbocycles. The largest absolute Gasteiger partial charge is 0.486 e. The summed E-state index contributed by atoms with van der Waals surface area (Å²) in [4.78, 5) is 11.1. The van der Waals surface area contributed by atoms with Crippen LogP contribution in [0.1, 0.15) is 11.6 Å². The molecule has 2 aliphatic heterocycles. The number of hydrogen-bond donors (Lipinski definition) is 1. The number of cyclic esters (lactones) is 1. The summed E-state index contributed by atoms with van der Waals surface area (Å²) in [6.07, 6.45) is -0.856. The van der Waals surface area contributed by atoms with Gasteiger partial charge in [0.2, 0.25) is 0 Å². The third-order valence-corrected chi connectivity index (χ3v) is 2.98. The molecule has 20 heavy (non-hydrogen) atoms. The fourth-order valence-corrected chi connectivity index (χ4v) is 2.08. The highest BCUT2D eigenvalue weighted by Crippen LogP contribution is 2.38. The number of nitrogens with one attached hydrogen (secondary N) is 1. The molecule has 2 aliphatic rings. The van der Waals surface area contributed by atoms with E-state index in [2.05, 4.69) is 10.1 Å². The lowest BCUT2D eigenvalue weighted by molar-refractivity contribution is -0.104. The van der Waals surface area contributed by atoms with Crippen molar-refractivity contribution in [3.05, 3.63) is 23.8 Å². The van der Waals surface area contributed by atoms with Crippen molar-refractivity contribution in [1.29, 1.82) is 0 Å². The molecule has 1 aromatic carbocycles. The Labute approximate surface area is 119 Å². The number of hydrogen-bond acceptors (Lipinski definition) is 4. The van der Waals surface area contributed by atoms with Crippen molar-refractivity contribution in [1.82, 2.24) is 5.32 Å². The Morgan fingerprint density at radius 3 is 2.60 bits per heavy atom. The number of alkyl halides is 2. The minimum absolute atomic E-state index is 0. The third kappa shape index (κ3) is 2.58. The molecule has 1 saturated heterocycles. The summed E-state index contributed by atoms with van der Waals surface area (Å²) >= 11 is 0. The van der Waals surface area contributed by atoms with Crippen molar-refractivity contribution < 1.29 is 27.8 Å². The second kappa shape index (κ2) is 5.32. The maximum Gasteiger partial charge on any atom is 0.408 e. The molecule has 5 nitrogen and oxygen atoms in total. The van der Waals surface area contributed by atoms with Crippen LogP contribution in [0.4, 0.5) is 13.6 Å². The van der Waals surface area contributed by atoms with Crippen LogP contribution >= 0.6 is 12.4 Å². The van der Waals surface area contributed by atoms with Gasteiger partial charge in [-0.15, -0.1) is 12.4 Å². The summed E-state index contributed by atoms with van der Waals surface area (Å²) in [6, 6.07) is 3.07. The van der Waals surface area contributed by atoms with E-state index in [1.807, 2.05) is 0 Å². The Bertz CT molecular complexity index is 526. The molecule has 3 rings (SSSR count). The molecule has 1 aromatic rings. The molecule has 1 N–H and O–H groups in total. The average Bonchev–Trinajstić information content (AvgIpc) is 2.41. The lowest BCUT2D eigenvalue weighted by Crippen LogP contribution is -2.49. The smallest absolute Gasteiger partial charge is 0.408 e. The van der Waals surface area contributed by atoms with Gasteiger partial charge >= 0.3 is 12.0 Å². The fourth-order valence-electron chi connectivity index (χ4n) is 2.08. The Morgan fingerprint density at radius 2 is 1.85 bits per heavy atom. The molecular formula is C12H12ClF2NO4. The van der Waals surface area contributed by atoms with Gasteiger partial charge in [0, 0.05) is 0 Å². The number of amides is 1. The number of alkyl carbamates (subject to hydrolysis) is 1. The molecule has 8 heteroatoms. The van der Waals surface area contributed by atoms with E-state index in [9.17, 15) is 13.6 Å². The van der Waals surface area contributed by atoms with Crippen molar-refractivity contribution >= 4 is 18.5 Å². The molecule has 0 aliphatic carbocycles. The van der Waals surface area contributed by atoms with Gasteiger partial charge in [0.15, 0.2) is 18.1 Å². The molecule has 110 valence electrons. The number of benzene rings is 1. The van der Waals surface area contributed by atoms with Crippen LogP contribution in [-0.2, 0) is 4.74 Å². The van der Waals surface area contributed by atoms with Crippen molar-refractivity contribution in [2.24, 2.45) is 0 Å². The van der Waals surface area contributed by atoms with Crippen LogP contribution in [0, 0.1) is 0 Å². The highest BCUT2D eigenvalue weighted by molar-refractivity contribution is 5.85. The predicted molar refractivity (Wildman–Crippen MR) is 66.9 cm³/mol. The molecule has 2 heterocycles. The normalized spacial score (nSPS) is 23.1. The van der Waals surface area contributed by atoms with Gasteiger partial charge in [0.05, 0.1) is 0 Å². The fraction of sp³-hybridized carbons (Fsp3) is 0.417. The molecule has 0 unspecified atom stereocenters. The van der Waals surface area contributed by atoms with Crippen LogP contribution in [-0.4, -0.2) is 31.8 Å². The van der Waals surface area contributed by atoms with Gasteiger partial charge in [-0.2, -0.15) is 0 Å². The molecule has 0 aromatic heterocycles. The van der Waals surface area contributed by atoms with E-state index < -0.39 is 24.7 Å². The average molecular weight is 308 g/mol. The second-order valence-electron chi connectivity index (χ2n) is 4.32. The van der Waals surface area contributed by atoms with E-state index in [0.29, 0.717) is 24.7 Å². The van der Waals surface area contributed by atoms with Crippen molar-refractivity contribution in [3.63, 3.8) is 0 Å². The lowest BCUT2D eigenvalue weighted by atomic mass is 9.99. The van der Waals surface area contributed by atoms with Crippen molar-refractivity contribution in [2.75, 3.05) is 19.8 Å². The summed E-state index contributed by atoms with van der Waals surface area (Å²) in [7, 11) is 0. The minimum Gasteiger partial charge on any atom is -0.486 e. The zero-order valence-electron chi connectivity index (χ0n) is 10.2. The summed E-state index contributed by atoms with van der Waals surface area (Å²) in [5, 5.41) is 2.12. The van der Waals surface area contributed by atoms with Crippen LogP contribution in [0.2, 0.25) is 0 Å². The van der Waals surface area contributed by atoms with E-state index in [-0.39, 0.29) is 18.0 Å². The number of ether oxygens (including phenoxy) is 3. The third-order valence-electron chi connectivity index (χ3n) is 2.98. The number of halogens is 3. The Hall–Kier alpha value is -1.76. The number of rotatable bonds is 1. The van der Waals surface area contributed by atoms with Crippen LogP contribution in [0.5, 0.6) is 11.5 Å². The van der Waals surface area contributed by atoms with E-state index in [1.165, 1.54) is 12.1 Å². The molecule has 1 fully saturated rings. The van der Waals surface area contributed by atoms with E-state index in [0.717, 1.165) is 0 Å². The topological polar surface area (TPSA) is 56.8 Å². The molecule has 0 bridgehead atoms. The second-order valence-corrected chi connectivity index (χ2v) is 4.32. The maximum atomic E-state index is 13.7.